The van der Waals surface area contributed by atoms with Gasteiger partial charge in [-0.25, -0.2) is 17.5 Å². The topological polar surface area (TPSA) is 75.4 Å². The quantitative estimate of drug-likeness (QED) is 0.822. The van der Waals surface area contributed by atoms with Crippen LogP contribution in [0.25, 0.3) is 0 Å². The van der Waals surface area contributed by atoms with Gasteiger partial charge in [0.15, 0.2) is 0 Å². The lowest BCUT2D eigenvalue weighted by molar-refractivity contribution is 0.178. The monoisotopic (exact) mass is 301 g/mol. The molecule has 0 bridgehead atoms. The molecule has 0 spiro atoms. The molecule has 1 aromatic rings. The fourth-order valence-electron chi connectivity index (χ4n) is 2.43. The largest absolute Gasteiger partial charge is 0.395 e. The van der Waals surface area contributed by atoms with Crippen LogP contribution >= 0.6 is 0 Å². The van der Waals surface area contributed by atoms with Gasteiger partial charge in [-0.2, -0.15) is 0 Å². The maximum atomic E-state index is 13.4. The highest BCUT2D eigenvalue weighted by Crippen LogP contribution is 2.23. The van der Waals surface area contributed by atoms with Crippen LogP contribution < -0.4 is 10.5 Å². The van der Waals surface area contributed by atoms with Crippen molar-refractivity contribution in [2.75, 3.05) is 19.3 Å². The molecule has 1 saturated heterocycles. The molecule has 2 unspecified atom stereocenters. The number of nitrogens with two attached hydrogens (primary N) is 1. The first-order valence-electron chi connectivity index (χ1n) is 6.58. The van der Waals surface area contributed by atoms with E-state index < -0.39 is 15.8 Å². The fraction of sp³-hybridized carbons (Fsp3) is 0.538. The number of sulfonamides is 1. The van der Waals surface area contributed by atoms with E-state index in [0.29, 0.717) is 6.04 Å². The zero-order valence-corrected chi connectivity index (χ0v) is 12.5. The molecule has 1 aromatic carbocycles. The van der Waals surface area contributed by atoms with E-state index in [0.717, 1.165) is 25.5 Å². The molecule has 0 aliphatic carbocycles. The molecule has 1 aliphatic rings. The van der Waals surface area contributed by atoms with Crippen molar-refractivity contribution >= 4 is 15.7 Å². The van der Waals surface area contributed by atoms with Gasteiger partial charge < -0.3 is 10.6 Å². The van der Waals surface area contributed by atoms with Gasteiger partial charge in [-0.3, -0.25) is 0 Å². The SMILES string of the molecule is CC1CC(NS(=O)(=O)c2cccc(F)c2N)CCN1C. The number of halogens is 1. The molecule has 1 heterocycles. The number of hydrogen-bond acceptors (Lipinski definition) is 4. The number of anilines is 1. The molecule has 2 atom stereocenters. The van der Waals surface area contributed by atoms with Crippen LogP contribution in [0.2, 0.25) is 0 Å². The molecule has 5 nitrogen and oxygen atoms in total. The average molecular weight is 301 g/mol. The highest BCUT2D eigenvalue weighted by Gasteiger charge is 2.28. The number of rotatable bonds is 3. The van der Waals surface area contributed by atoms with E-state index in [1.807, 2.05) is 7.05 Å². The molecule has 3 N–H and O–H groups in total. The van der Waals surface area contributed by atoms with Crippen molar-refractivity contribution in [1.29, 1.82) is 0 Å². The molecule has 7 heteroatoms. The first-order valence-corrected chi connectivity index (χ1v) is 8.06. The van der Waals surface area contributed by atoms with E-state index in [2.05, 4.69) is 16.5 Å². The van der Waals surface area contributed by atoms with Crippen molar-refractivity contribution in [3.63, 3.8) is 0 Å². The second-order valence-corrected chi connectivity index (χ2v) is 7.01. The Hall–Kier alpha value is -1.18. The number of likely N-dealkylation sites (tertiary alicyclic amines) is 1. The van der Waals surface area contributed by atoms with Gasteiger partial charge in [-0.05, 0) is 45.5 Å². The first-order chi connectivity index (χ1) is 9.31. The first kappa shape index (κ1) is 15.2. The fourth-order valence-corrected chi connectivity index (χ4v) is 3.86. The molecule has 0 aromatic heterocycles. The van der Waals surface area contributed by atoms with Crippen molar-refractivity contribution < 1.29 is 12.8 Å². The van der Waals surface area contributed by atoms with Gasteiger partial charge in [0.1, 0.15) is 10.7 Å². The summed E-state index contributed by atoms with van der Waals surface area (Å²) in [6, 6.07) is 3.97. The van der Waals surface area contributed by atoms with Crippen molar-refractivity contribution in [2.24, 2.45) is 0 Å². The summed E-state index contributed by atoms with van der Waals surface area (Å²) in [5.74, 6) is -0.718. The standard InChI is InChI=1S/C13H20FN3O2S/c1-9-8-10(6-7-17(9)2)16-20(18,19)12-5-3-4-11(14)13(12)15/h3-5,9-10,16H,6-8,15H2,1-2H3. The molecule has 112 valence electrons. The summed E-state index contributed by atoms with van der Waals surface area (Å²) in [6.07, 6.45) is 1.46. The Kier molecular flexibility index (Phi) is 4.31. The van der Waals surface area contributed by atoms with Crippen LogP contribution in [0, 0.1) is 5.82 Å². The van der Waals surface area contributed by atoms with Gasteiger partial charge in [-0.15, -0.1) is 0 Å². The minimum Gasteiger partial charge on any atom is -0.395 e. The van der Waals surface area contributed by atoms with E-state index in [9.17, 15) is 12.8 Å². The summed E-state index contributed by atoms with van der Waals surface area (Å²) >= 11 is 0. The summed E-state index contributed by atoms with van der Waals surface area (Å²) in [4.78, 5) is 1.99. The zero-order valence-electron chi connectivity index (χ0n) is 11.6. The van der Waals surface area contributed by atoms with Crippen LogP contribution in [0.5, 0.6) is 0 Å². The highest BCUT2D eigenvalue weighted by molar-refractivity contribution is 7.89. The molecule has 0 radical (unpaired) electrons. The number of hydrogen-bond donors (Lipinski definition) is 2. The van der Waals surface area contributed by atoms with Gasteiger partial charge in [0.25, 0.3) is 0 Å². The molecule has 20 heavy (non-hydrogen) atoms. The van der Waals surface area contributed by atoms with Crippen LogP contribution in [-0.2, 0) is 10.0 Å². The number of para-hydroxylation sites is 1. The average Bonchev–Trinajstić information content (AvgIpc) is 2.36. The van der Waals surface area contributed by atoms with E-state index >= 15 is 0 Å². The van der Waals surface area contributed by atoms with Crippen LogP contribution in [0.4, 0.5) is 10.1 Å². The Balaban J connectivity index is 2.18. The predicted octanol–water partition coefficient (Wildman–Crippen LogP) is 1.17. The van der Waals surface area contributed by atoms with E-state index in [-0.39, 0.29) is 16.6 Å². The Morgan fingerprint density at radius 3 is 2.80 bits per heavy atom. The number of benzene rings is 1. The van der Waals surface area contributed by atoms with Crippen molar-refractivity contribution in [3.8, 4) is 0 Å². The Bertz CT molecular complexity index is 591. The van der Waals surface area contributed by atoms with Crippen molar-refractivity contribution in [2.45, 2.75) is 36.7 Å². The molecule has 1 aliphatic heterocycles. The summed E-state index contributed by atoms with van der Waals surface area (Å²) in [6.45, 7) is 2.88. The summed E-state index contributed by atoms with van der Waals surface area (Å²) in [5.41, 5.74) is 5.19. The highest BCUT2D eigenvalue weighted by atomic mass is 32.2. The predicted molar refractivity (Wildman–Crippen MR) is 76.2 cm³/mol. The Labute approximate surface area is 119 Å². The molecule has 0 amide bonds. The lowest BCUT2D eigenvalue weighted by Gasteiger charge is -2.35. The second kappa shape index (κ2) is 5.67. The van der Waals surface area contributed by atoms with Crippen molar-refractivity contribution in [1.82, 2.24) is 9.62 Å². The number of piperidine rings is 1. The third-order valence-electron chi connectivity index (χ3n) is 3.83. The van der Waals surface area contributed by atoms with Gasteiger partial charge in [0, 0.05) is 12.1 Å². The van der Waals surface area contributed by atoms with Gasteiger partial charge in [0.2, 0.25) is 10.0 Å². The molecular formula is C13H20FN3O2S. The van der Waals surface area contributed by atoms with Crippen LogP contribution in [0.1, 0.15) is 19.8 Å². The van der Waals surface area contributed by atoms with Crippen LogP contribution in [-0.4, -0.2) is 39.0 Å². The third kappa shape index (κ3) is 3.11. The molecule has 1 fully saturated rings. The normalized spacial score (nSPS) is 24.8. The van der Waals surface area contributed by atoms with Crippen LogP contribution in [0.15, 0.2) is 23.1 Å². The minimum atomic E-state index is -3.79. The van der Waals surface area contributed by atoms with Gasteiger partial charge in [0.05, 0.1) is 5.69 Å². The lowest BCUT2D eigenvalue weighted by Crippen LogP contribution is -2.47. The maximum absolute atomic E-state index is 13.4. The number of nitrogens with zero attached hydrogens (tertiary/aromatic N) is 1. The zero-order chi connectivity index (χ0) is 14.9. The summed E-state index contributed by atoms with van der Waals surface area (Å²) < 4.78 is 40.6. The molecule has 0 saturated carbocycles. The Morgan fingerprint density at radius 1 is 1.45 bits per heavy atom. The minimum absolute atomic E-state index is 0.145. The van der Waals surface area contributed by atoms with Crippen LogP contribution in [0.3, 0.4) is 0 Å². The second-order valence-electron chi connectivity index (χ2n) is 5.32. The van der Waals surface area contributed by atoms with E-state index in [4.69, 9.17) is 5.73 Å². The van der Waals surface area contributed by atoms with Crippen molar-refractivity contribution in [3.05, 3.63) is 24.0 Å². The molecule has 2 rings (SSSR count). The summed E-state index contributed by atoms with van der Waals surface area (Å²) in [5, 5.41) is 0. The third-order valence-corrected chi connectivity index (χ3v) is 5.41. The van der Waals surface area contributed by atoms with Gasteiger partial charge >= 0.3 is 0 Å². The smallest absolute Gasteiger partial charge is 0.242 e. The Morgan fingerprint density at radius 2 is 2.15 bits per heavy atom. The maximum Gasteiger partial charge on any atom is 0.242 e. The van der Waals surface area contributed by atoms with E-state index in [1.165, 1.54) is 12.1 Å². The lowest BCUT2D eigenvalue weighted by atomic mass is 10.0. The van der Waals surface area contributed by atoms with Gasteiger partial charge in [-0.1, -0.05) is 6.07 Å². The van der Waals surface area contributed by atoms with E-state index in [1.54, 1.807) is 0 Å². The number of nitrogen functional groups attached to an aromatic ring is 1. The summed E-state index contributed by atoms with van der Waals surface area (Å²) in [7, 11) is -1.77. The number of nitrogens with one attached hydrogen (secondary N) is 1. The molecular weight excluding hydrogens is 281 g/mol.